The summed E-state index contributed by atoms with van der Waals surface area (Å²) < 4.78 is 10.4. The number of hydrogen-bond donors (Lipinski definition) is 1. The van der Waals surface area contributed by atoms with Gasteiger partial charge in [0.15, 0.2) is 0 Å². The Hall–Kier alpha value is -5.42. The molecule has 0 saturated carbocycles. The van der Waals surface area contributed by atoms with Gasteiger partial charge in [-0.15, -0.1) is 12.4 Å². The quantitative estimate of drug-likeness (QED) is 0.144. The van der Waals surface area contributed by atoms with Crippen molar-refractivity contribution >= 4 is 41.8 Å². The molecule has 2 aliphatic rings. The Labute approximate surface area is 342 Å². The van der Waals surface area contributed by atoms with E-state index >= 15 is 0 Å². The van der Waals surface area contributed by atoms with E-state index in [1.54, 1.807) is 46.4 Å². The zero-order valence-corrected chi connectivity index (χ0v) is 34.5. The van der Waals surface area contributed by atoms with E-state index in [2.05, 4.69) is 39.2 Å². The first kappa shape index (κ1) is 46.0. The summed E-state index contributed by atoms with van der Waals surface area (Å²) >= 11 is 0. The lowest BCUT2D eigenvalue weighted by molar-refractivity contribution is -0.132. The third kappa shape index (κ3) is 14.2. The van der Waals surface area contributed by atoms with Crippen LogP contribution in [0.15, 0.2) is 90.2 Å². The first-order valence-corrected chi connectivity index (χ1v) is 18.9. The number of isocyanates is 1. The number of methoxy groups -OCH3 is 2. The first-order chi connectivity index (χ1) is 26.9. The highest BCUT2D eigenvalue weighted by Gasteiger charge is 2.33. The van der Waals surface area contributed by atoms with E-state index in [1.807, 2.05) is 60.0 Å². The number of ether oxygens (including phenoxy) is 2. The van der Waals surface area contributed by atoms with Gasteiger partial charge in [-0.05, 0) is 97.7 Å². The molecule has 304 valence electrons. The maximum Gasteiger partial charge on any atom is 0.240 e. The molecule has 4 aromatic rings. The number of aliphatic imine (C=N–C) groups is 1. The predicted octanol–water partition coefficient (Wildman–Crippen LogP) is 6.69. The molecule has 2 aromatic carbocycles. The maximum absolute atomic E-state index is 12.8. The Bertz CT molecular complexity index is 1920. The monoisotopic (exact) mass is 798 g/mol. The number of benzene rings is 2. The van der Waals surface area contributed by atoms with Crippen LogP contribution in [-0.2, 0) is 25.6 Å². The lowest BCUT2D eigenvalue weighted by atomic mass is 9.77. The number of rotatable bonds is 9. The van der Waals surface area contributed by atoms with Gasteiger partial charge >= 0.3 is 0 Å². The molecule has 2 fully saturated rings. The van der Waals surface area contributed by atoms with Crippen molar-refractivity contribution in [2.75, 3.05) is 40.4 Å². The van der Waals surface area contributed by atoms with E-state index in [1.165, 1.54) is 23.4 Å². The van der Waals surface area contributed by atoms with Crippen LogP contribution in [0.1, 0.15) is 73.0 Å². The molecular weight excluding hydrogens is 744 g/mol. The molecule has 0 aliphatic carbocycles. The molecule has 2 N–H and O–H groups in total. The Morgan fingerprint density at radius 3 is 1.72 bits per heavy atom. The largest absolute Gasteiger partial charge is 0.497 e. The van der Waals surface area contributed by atoms with Crippen LogP contribution in [0.2, 0.25) is 0 Å². The molecule has 13 heteroatoms. The van der Waals surface area contributed by atoms with Crippen molar-refractivity contribution in [3.8, 4) is 11.5 Å². The number of pyridine rings is 2. The average molecular weight is 799 g/mol. The fourth-order valence-electron chi connectivity index (χ4n) is 7.12. The SMILES string of the molecule is COc1ccc(C2CCN(C(C)=O)C[C@H]2CC(=O)Cc2ccc(C)nc2)cc1.COc1ccc([C@@H]2CCN(C(C)=O)C[C@H]2N)cc1.Cc1ccc(N=C=O)cn1.Cl. The number of nitrogens with two attached hydrogens (primary N) is 1. The number of carbonyl (C=O) groups is 3. The zero-order valence-electron chi connectivity index (χ0n) is 33.7. The number of amides is 2. The summed E-state index contributed by atoms with van der Waals surface area (Å²) in [6.45, 7) is 9.80. The topological polar surface area (TPSA) is 157 Å². The van der Waals surface area contributed by atoms with E-state index in [9.17, 15) is 19.2 Å². The van der Waals surface area contributed by atoms with Gasteiger partial charge < -0.3 is 25.0 Å². The predicted molar refractivity (Wildman–Crippen MR) is 223 cm³/mol. The van der Waals surface area contributed by atoms with Crippen LogP contribution < -0.4 is 15.2 Å². The Kier molecular flexibility index (Phi) is 18.5. The molecule has 0 bridgehead atoms. The third-order valence-corrected chi connectivity index (χ3v) is 10.3. The van der Waals surface area contributed by atoms with Crippen molar-refractivity contribution in [3.05, 3.63) is 113 Å². The van der Waals surface area contributed by atoms with E-state index < -0.39 is 0 Å². The number of aryl methyl sites for hydroxylation is 2. The van der Waals surface area contributed by atoms with E-state index in [0.29, 0.717) is 37.5 Å². The molecule has 4 heterocycles. The second-order valence-corrected chi connectivity index (χ2v) is 14.3. The van der Waals surface area contributed by atoms with Crippen molar-refractivity contribution in [1.29, 1.82) is 0 Å². The van der Waals surface area contributed by atoms with Gasteiger partial charge in [0.05, 0.1) is 26.1 Å². The molecule has 2 aliphatic heterocycles. The van der Waals surface area contributed by atoms with Crippen molar-refractivity contribution in [1.82, 2.24) is 19.8 Å². The lowest BCUT2D eigenvalue weighted by Crippen LogP contribution is -2.48. The third-order valence-electron chi connectivity index (χ3n) is 10.3. The second kappa shape index (κ2) is 23.0. The summed E-state index contributed by atoms with van der Waals surface area (Å²) in [5.74, 6) is 2.77. The molecule has 0 spiro atoms. The minimum absolute atomic E-state index is 0. The summed E-state index contributed by atoms with van der Waals surface area (Å²) in [5.41, 5.74) is 12.0. The van der Waals surface area contributed by atoms with Crippen molar-refractivity contribution < 1.29 is 28.7 Å². The van der Waals surface area contributed by atoms with Gasteiger partial charge in [-0.25, -0.2) is 4.79 Å². The highest BCUT2D eigenvalue weighted by atomic mass is 35.5. The molecule has 6 rings (SSSR count). The highest BCUT2D eigenvalue weighted by Crippen LogP contribution is 2.36. The number of piperidine rings is 2. The minimum atomic E-state index is 0. The Balaban J connectivity index is 0.000000256. The molecule has 12 nitrogen and oxygen atoms in total. The van der Waals surface area contributed by atoms with Crippen LogP contribution in [0.4, 0.5) is 5.69 Å². The van der Waals surface area contributed by atoms with Crippen LogP contribution in [0.5, 0.6) is 11.5 Å². The molecule has 0 radical (unpaired) electrons. The van der Waals surface area contributed by atoms with Gasteiger partial charge in [0, 0.05) is 82.4 Å². The maximum atomic E-state index is 12.8. The van der Waals surface area contributed by atoms with Crippen molar-refractivity contribution in [3.63, 3.8) is 0 Å². The smallest absolute Gasteiger partial charge is 0.240 e. The highest BCUT2D eigenvalue weighted by molar-refractivity contribution is 5.85. The number of halogens is 1. The number of carbonyl (C=O) groups excluding carboxylic acids is 4. The normalized spacial score (nSPS) is 18.5. The number of likely N-dealkylation sites (tertiary alicyclic amines) is 2. The van der Waals surface area contributed by atoms with Gasteiger partial charge in [-0.3, -0.25) is 24.4 Å². The Morgan fingerprint density at radius 2 is 1.26 bits per heavy atom. The summed E-state index contributed by atoms with van der Waals surface area (Å²) in [6.07, 6.45) is 7.39. The minimum Gasteiger partial charge on any atom is -0.497 e. The molecule has 4 atom stereocenters. The van der Waals surface area contributed by atoms with Crippen LogP contribution in [0.3, 0.4) is 0 Å². The molecule has 57 heavy (non-hydrogen) atoms. The lowest BCUT2D eigenvalue weighted by Gasteiger charge is -2.38. The van der Waals surface area contributed by atoms with Crippen LogP contribution >= 0.6 is 12.4 Å². The van der Waals surface area contributed by atoms with Crippen LogP contribution in [-0.4, -0.2) is 89.9 Å². The second-order valence-electron chi connectivity index (χ2n) is 14.3. The van der Waals surface area contributed by atoms with Gasteiger partial charge in [0.25, 0.3) is 0 Å². The van der Waals surface area contributed by atoms with Crippen LogP contribution in [0, 0.1) is 19.8 Å². The number of ketones is 1. The molecule has 1 unspecified atom stereocenters. The van der Waals surface area contributed by atoms with E-state index in [0.717, 1.165) is 54.4 Å². The van der Waals surface area contributed by atoms with Crippen molar-refractivity contribution in [2.24, 2.45) is 16.6 Å². The number of aromatic nitrogens is 2. The average Bonchev–Trinajstić information content (AvgIpc) is 3.20. The Morgan fingerprint density at radius 1 is 0.754 bits per heavy atom. The summed E-state index contributed by atoms with van der Waals surface area (Å²) in [7, 11) is 3.31. The summed E-state index contributed by atoms with van der Waals surface area (Å²) in [4.78, 5) is 61.0. The zero-order chi connectivity index (χ0) is 40.6. The number of nitrogens with zero attached hydrogens (tertiary/aromatic N) is 5. The van der Waals surface area contributed by atoms with Crippen LogP contribution in [0.25, 0.3) is 0 Å². The van der Waals surface area contributed by atoms with Gasteiger partial charge in [-0.1, -0.05) is 30.3 Å². The first-order valence-electron chi connectivity index (χ1n) is 18.9. The van der Waals surface area contributed by atoms with Crippen molar-refractivity contribution in [2.45, 2.75) is 71.3 Å². The number of hydrogen-bond acceptors (Lipinski definition) is 10. The molecule has 2 saturated heterocycles. The van der Waals surface area contributed by atoms with Gasteiger partial charge in [-0.2, -0.15) is 4.99 Å². The van der Waals surface area contributed by atoms with Gasteiger partial charge in [0.1, 0.15) is 17.3 Å². The number of Topliss-reactive ketones (excluding diaryl/α,β-unsaturated/α-hetero) is 1. The molecule has 2 amide bonds. The fraction of sp³-hybridized carbons (Fsp3) is 0.409. The van der Waals surface area contributed by atoms with E-state index in [4.69, 9.17) is 15.2 Å². The standard InChI is InChI=1S/C23H28N2O3.C14H20N2O2.C7H6N2O.ClH/c1-16-4-5-18(14-24-16)12-21(27)13-20-15-25(17(2)26)11-10-23(20)19-6-8-22(28-3)9-7-19;1-10(17)16-8-7-13(14(15)9-16)11-3-5-12(18-2)6-4-11;1-6-2-3-7(4-8-6)9-5-10;/h4-9,14,20,23H,10-13,15H2,1-3H3;3-6,13-14H,7-9,15H2,1-2H3;2-4H,1H3;1H/t20-,23?;13-,14+;;/m10../s1. The molecule has 2 aromatic heterocycles. The summed E-state index contributed by atoms with van der Waals surface area (Å²) in [6, 6.07) is 23.5. The van der Waals surface area contributed by atoms with Gasteiger partial charge in [0.2, 0.25) is 17.9 Å². The summed E-state index contributed by atoms with van der Waals surface area (Å²) in [5, 5.41) is 0. The van der Waals surface area contributed by atoms with E-state index in [-0.39, 0.29) is 47.9 Å². The fourth-order valence-corrected chi connectivity index (χ4v) is 7.12. The molecular formula is C44H55ClN6O6.